The highest BCUT2D eigenvalue weighted by Crippen LogP contribution is 2.39. The number of nitro groups is 1. The lowest BCUT2D eigenvalue weighted by Gasteiger charge is -2.07. The summed E-state index contributed by atoms with van der Waals surface area (Å²) >= 11 is -0.524. The van der Waals surface area contributed by atoms with E-state index in [9.17, 15) is 32.3 Å². The van der Waals surface area contributed by atoms with Crippen LogP contribution in [0.2, 0.25) is 0 Å². The van der Waals surface area contributed by atoms with Gasteiger partial charge in [0.05, 0.1) is 22.8 Å². The highest BCUT2D eigenvalue weighted by atomic mass is 32.2. The minimum Gasteiger partial charge on any atom is -0.468 e. The highest BCUT2D eigenvalue weighted by Gasteiger charge is 2.31. The zero-order valence-electron chi connectivity index (χ0n) is 10.4. The summed E-state index contributed by atoms with van der Waals surface area (Å²) in [4.78, 5) is 20.2. The summed E-state index contributed by atoms with van der Waals surface area (Å²) in [5.41, 5.74) is -5.34. The number of nitrogens with zero attached hydrogens (tertiary/aromatic N) is 1. The normalized spacial score (nSPS) is 12.8. The second-order valence-electron chi connectivity index (χ2n) is 3.50. The van der Waals surface area contributed by atoms with Crippen molar-refractivity contribution in [2.75, 3.05) is 12.9 Å². The highest BCUT2D eigenvalue weighted by molar-refractivity contribution is 8.00. The van der Waals surface area contributed by atoms with Crippen LogP contribution in [-0.2, 0) is 20.3 Å². The lowest BCUT2D eigenvalue weighted by Crippen LogP contribution is -2.13. The zero-order valence-corrected chi connectivity index (χ0v) is 12.0. The van der Waals surface area contributed by atoms with Gasteiger partial charge < -0.3 is 4.74 Å². The number of rotatable bonds is 5. The Bertz CT molecular complexity index is 591. The fraction of sp³-hybridized carbons (Fsp3) is 0.300. The average molecular weight is 343 g/mol. The van der Waals surface area contributed by atoms with Crippen molar-refractivity contribution in [1.82, 2.24) is 0 Å². The third-order valence-corrected chi connectivity index (χ3v) is 4.14. The quantitative estimate of drug-likeness (QED) is 0.353. The number of carbonyl (C=O) groups is 1. The molecule has 0 saturated heterocycles. The SMILES string of the molecule is COC(=O)CS(=O)c1ccc(SC(F)(F)F)cc1[N+](=O)[O-]. The molecule has 0 amide bonds. The van der Waals surface area contributed by atoms with Gasteiger partial charge in [-0.05, 0) is 23.9 Å². The van der Waals surface area contributed by atoms with Crippen LogP contribution >= 0.6 is 11.8 Å². The molecule has 116 valence electrons. The molecule has 21 heavy (non-hydrogen) atoms. The number of carbonyl (C=O) groups excluding carboxylic acids is 1. The van der Waals surface area contributed by atoms with Gasteiger partial charge in [-0.25, -0.2) is 0 Å². The zero-order chi connectivity index (χ0) is 16.2. The molecule has 0 heterocycles. The van der Waals surface area contributed by atoms with Crippen LogP contribution < -0.4 is 0 Å². The molecular formula is C10H8F3NO5S2. The predicted molar refractivity (Wildman–Crippen MR) is 68.3 cm³/mol. The van der Waals surface area contributed by atoms with Crippen LogP contribution in [0.25, 0.3) is 0 Å². The Morgan fingerprint density at radius 2 is 2.10 bits per heavy atom. The Morgan fingerprint density at radius 3 is 2.57 bits per heavy atom. The van der Waals surface area contributed by atoms with Crippen LogP contribution in [-0.4, -0.2) is 33.5 Å². The minimum atomic E-state index is -4.60. The largest absolute Gasteiger partial charge is 0.468 e. The van der Waals surface area contributed by atoms with Crippen LogP contribution in [0.5, 0.6) is 0 Å². The standard InChI is InChI=1S/C10H8F3NO5S2/c1-19-9(15)5-21(18)8-3-2-6(20-10(11,12)13)4-7(8)14(16)17/h2-4H,5H2,1H3. The van der Waals surface area contributed by atoms with E-state index in [2.05, 4.69) is 4.74 Å². The number of halogens is 3. The summed E-state index contributed by atoms with van der Waals surface area (Å²) in [5, 5.41) is 10.9. The molecule has 1 unspecified atom stereocenters. The summed E-state index contributed by atoms with van der Waals surface area (Å²) in [7, 11) is -1.03. The monoisotopic (exact) mass is 343 g/mol. The van der Waals surface area contributed by atoms with E-state index in [4.69, 9.17) is 0 Å². The minimum absolute atomic E-state index is 0.336. The topological polar surface area (TPSA) is 86.5 Å². The van der Waals surface area contributed by atoms with Crippen molar-refractivity contribution in [1.29, 1.82) is 0 Å². The molecule has 1 aromatic carbocycles. The molecule has 1 rings (SSSR count). The molecule has 0 aromatic heterocycles. The molecule has 0 aliphatic heterocycles. The number of thioether (sulfide) groups is 1. The van der Waals surface area contributed by atoms with Gasteiger partial charge in [0.2, 0.25) is 0 Å². The van der Waals surface area contributed by atoms with Crippen molar-refractivity contribution in [2.24, 2.45) is 0 Å². The molecule has 0 fully saturated rings. The predicted octanol–water partition coefficient (Wildman–Crippen LogP) is 2.49. The molecule has 11 heteroatoms. The lowest BCUT2D eigenvalue weighted by molar-refractivity contribution is -0.388. The van der Waals surface area contributed by atoms with Gasteiger partial charge in [-0.2, -0.15) is 13.2 Å². The van der Waals surface area contributed by atoms with E-state index in [-0.39, 0.29) is 4.90 Å². The first-order valence-electron chi connectivity index (χ1n) is 5.13. The number of hydrogen-bond acceptors (Lipinski definition) is 6. The van der Waals surface area contributed by atoms with Crippen molar-refractivity contribution in [3.8, 4) is 0 Å². The average Bonchev–Trinajstić information content (AvgIpc) is 2.36. The van der Waals surface area contributed by atoms with Gasteiger partial charge >= 0.3 is 11.5 Å². The first-order valence-corrected chi connectivity index (χ1v) is 7.27. The lowest BCUT2D eigenvalue weighted by atomic mass is 10.3. The van der Waals surface area contributed by atoms with E-state index >= 15 is 0 Å². The first-order chi connectivity index (χ1) is 9.64. The second kappa shape index (κ2) is 6.89. The molecule has 1 atom stereocenters. The Morgan fingerprint density at radius 1 is 1.48 bits per heavy atom. The molecule has 0 bridgehead atoms. The van der Waals surface area contributed by atoms with Crippen molar-refractivity contribution < 1.29 is 31.8 Å². The van der Waals surface area contributed by atoms with Crippen molar-refractivity contribution in [2.45, 2.75) is 15.3 Å². The van der Waals surface area contributed by atoms with E-state index in [0.717, 1.165) is 19.2 Å². The van der Waals surface area contributed by atoms with Crippen LogP contribution in [0, 0.1) is 10.1 Å². The second-order valence-corrected chi connectivity index (χ2v) is 6.06. The third-order valence-electron chi connectivity index (χ3n) is 2.08. The van der Waals surface area contributed by atoms with Crippen LogP contribution in [0.4, 0.5) is 18.9 Å². The Labute approximate surface area is 123 Å². The van der Waals surface area contributed by atoms with Crippen molar-refractivity contribution >= 4 is 34.2 Å². The third kappa shape index (κ3) is 5.34. The maximum atomic E-state index is 12.2. The van der Waals surface area contributed by atoms with Gasteiger partial charge in [-0.3, -0.25) is 19.1 Å². The van der Waals surface area contributed by atoms with E-state index in [0.29, 0.717) is 6.07 Å². The summed E-state index contributed by atoms with van der Waals surface area (Å²) in [5.74, 6) is -1.47. The molecule has 1 aromatic rings. The van der Waals surface area contributed by atoms with Gasteiger partial charge in [0, 0.05) is 11.0 Å². The fourth-order valence-electron chi connectivity index (χ4n) is 1.27. The van der Waals surface area contributed by atoms with E-state index in [1.807, 2.05) is 0 Å². The molecule has 0 aliphatic carbocycles. The van der Waals surface area contributed by atoms with E-state index < -0.39 is 55.3 Å². The van der Waals surface area contributed by atoms with Gasteiger partial charge in [0.15, 0.2) is 0 Å². The van der Waals surface area contributed by atoms with Gasteiger partial charge in [-0.15, -0.1) is 0 Å². The van der Waals surface area contributed by atoms with Gasteiger partial charge in [0.25, 0.3) is 5.69 Å². The van der Waals surface area contributed by atoms with Gasteiger partial charge in [-0.1, -0.05) is 0 Å². The Kier molecular flexibility index (Phi) is 5.72. The molecule has 0 aliphatic rings. The first kappa shape index (κ1) is 17.4. The molecule has 0 radical (unpaired) electrons. The van der Waals surface area contributed by atoms with Crippen molar-refractivity contribution in [3.05, 3.63) is 28.3 Å². The summed E-state index contributed by atoms with van der Waals surface area (Å²) < 4.78 is 52.8. The molecular weight excluding hydrogens is 335 g/mol. The number of alkyl halides is 3. The van der Waals surface area contributed by atoms with Crippen molar-refractivity contribution in [3.63, 3.8) is 0 Å². The number of hydrogen-bond donors (Lipinski definition) is 0. The number of methoxy groups -OCH3 is 1. The molecule has 0 N–H and O–H groups in total. The van der Waals surface area contributed by atoms with Crippen LogP contribution in [0.15, 0.2) is 28.0 Å². The molecule has 6 nitrogen and oxygen atoms in total. The number of benzene rings is 1. The van der Waals surface area contributed by atoms with Crippen LogP contribution in [0.1, 0.15) is 0 Å². The van der Waals surface area contributed by atoms with Gasteiger partial charge in [0.1, 0.15) is 10.6 Å². The smallest absolute Gasteiger partial charge is 0.446 e. The Balaban J connectivity index is 3.13. The molecule has 0 spiro atoms. The fourth-order valence-corrected chi connectivity index (χ4v) is 2.92. The number of esters is 1. The summed E-state index contributed by atoms with van der Waals surface area (Å²) in [6.07, 6.45) is 0. The van der Waals surface area contributed by atoms with Crippen LogP contribution in [0.3, 0.4) is 0 Å². The summed E-state index contributed by atoms with van der Waals surface area (Å²) in [6, 6.07) is 2.56. The number of ether oxygens (including phenoxy) is 1. The maximum Gasteiger partial charge on any atom is 0.446 e. The summed E-state index contributed by atoms with van der Waals surface area (Å²) in [6.45, 7) is 0. The van der Waals surface area contributed by atoms with E-state index in [1.165, 1.54) is 0 Å². The number of nitro benzene ring substituents is 1. The Hall–Kier alpha value is -1.62. The van der Waals surface area contributed by atoms with E-state index in [1.54, 1.807) is 0 Å². The maximum absolute atomic E-state index is 12.2. The molecule has 0 saturated carbocycles.